The number of benzene rings is 1. The van der Waals surface area contributed by atoms with Crippen molar-refractivity contribution in [1.29, 1.82) is 0 Å². The van der Waals surface area contributed by atoms with E-state index in [0.717, 1.165) is 19.3 Å². The number of carbonyl (C=O) groups excluding carboxylic acids is 1. The van der Waals surface area contributed by atoms with Crippen LogP contribution in [0, 0.1) is 0 Å². The Morgan fingerprint density at radius 3 is 2.28 bits per heavy atom. The smallest absolute Gasteiger partial charge is 0.253 e. The molecule has 0 aliphatic rings. The number of rotatable bonds is 6. The molecule has 18 heavy (non-hydrogen) atoms. The second-order valence-corrected chi connectivity index (χ2v) is 4.82. The average molecular weight is 249 g/mol. The minimum Gasteiger partial charge on any atom is -0.396 e. The maximum Gasteiger partial charge on any atom is 0.253 e. The molecule has 0 bridgehead atoms. The normalized spacial score (nSPS) is 12.2. The summed E-state index contributed by atoms with van der Waals surface area (Å²) in [5.74, 6) is 0.416. The third-order valence-electron chi connectivity index (χ3n) is 3.15. The Kier molecular flexibility index (Phi) is 5.86. The predicted molar refractivity (Wildman–Crippen MR) is 73.8 cm³/mol. The highest BCUT2D eigenvalue weighted by molar-refractivity contribution is 5.93. The van der Waals surface area contributed by atoms with Crippen molar-refractivity contribution in [2.24, 2.45) is 0 Å². The van der Waals surface area contributed by atoms with Crippen molar-refractivity contribution in [2.75, 3.05) is 20.7 Å². The van der Waals surface area contributed by atoms with Crippen molar-refractivity contribution in [3.63, 3.8) is 0 Å². The zero-order valence-electron chi connectivity index (χ0n) is 11.5. The van der Waals surface area contributed by atoms with E-state index in [-0.39, 0.29) is 12.5 Å². The van der Waals surface area contributed by atoms with Crippen molar-refractivity contribution < 1.29 is 9.90 Å². The molecule has 1 atom stereocenters. The zero-order chi connectivity index (χ0) is 13.5. The molecule has 100 valence electrons. The van der Waals surface area contributed by atoms with Gasteiger partial charge in [0.05, 0.1) is 0 Å². The van der Waals surface area contributed by atoms with Crippen molar-refractivity contribution in [3.05, 3.63) is 35.4 Å². The van der Waals surface area contributed by atoms with Crippen LogP contribution in [-0.2, 0) is 0 Å². The molecule has 1 unspecified atom stereocenters. The fourth-order valence-electron chi connectivity index (χ4n) is 2.14. The van der Waals surface area contributed by atoms with Gasteiger partial charge in [-0.2, -0.15) is 0 Å². The summed E-state index contributed by atoms with van der Waals surface area (Å²) in [6.45, 7) is 2.36. The number of hydrogen-bond donors (Lipinski definition) is 1. The molecule has 0 radical (unpaired) electrons. The molecule has 0 aromatic heterocycles. The minimum atomic E-state index is 0.0238. The van der Waals surface area contributed by atoms with Gasteiger partial charge in [-0.25, -0.2) is 0 Å². The molecule has 1 aromatic carbocycles. The van der Waals surface area contributed by atoms with Gasteiger partial charge in [-0.05, 0) is 36.5 Å². The first-order valence-corrected chi connectivity index (χ1v) is 6.52. The second-order valence-electron chi connectivity index (χ2n) is 4.82. The first-order valence-electron chi connectivity index (χ1n) is 6.52. The molecule has 0 spiro atoms. The first-order chi connectivity index (χ1) is 8.60. The zero-order valence-corrected chi connectivity index (χ0v) is 11.5. The molecule has 0 saturated carbocycles. The summed E-state index contributed by atoms with van der Waals surface area (Å²) in [7, 11) is 3.50. The van der Waals surface area contributed by atoms with Gasteiger partial charge < -0.3 is 10.0 Å². The van der Waals surface area contributed by atoms with Gasteiger partial charge in [0.15, 0.2) is 0 Å². The number of amides is 1. The Bertz CT molecular complexity index is 365. The van der Waals surface area contributed by atoms with E-state index in [4.69, 9.17) is 5.11 Å². The van der Waals surface area contributed by atoms with Crippen molar-refractivity contribution >= 4 is 5.91 Å². The van der Waals surface area contributed by atoms with Crippen LogP contribution in [0.15, 0.2) is 24.3 Å². The highest BCUT2D eigenvalue weighted by atomic mass is 16.3. The largest absolute Gasteiger partial charge is 0.396 e. The summed E-state index contributed by atoms with van der Waals surface area (Å²) in [6, 6.07) is 7.76. The quantitative estimate of drug-likeness (QED) is 0.842. The molecule has 0 aliphatic carbocycles. The monoisotopic (exact) mass is 249 g/mol. The summed E-state index contributed by atoms with van der Waals surface area (Å²) < 4.78 is 0. The SMILES string of the molecule is CCCC(CCO)c1ccc(C(=O)N(C)C)cc1. The molecule has 3 nitrogen and oxygen atoms in total. The molecular formula is C15H23NO2. The molecule has 1 rings (SSSR count). The van der Waals surface area contributed by atoms with Crippen molar-refractivity contribution in [3.8, 4) is 0 Å². The van der Waals surface area contributed by atoms with Gasteiger partial charge in [0.25, 0.3) is 5.91 Å². The van der Waals surface area contributed by atoms with Crippen LogP contribution in [0.1, 0.15) is 48.0 Å². The number of aliphatic hydroxyl groups is 1. The van der Waals surface area contributed by atoms with Crippen LogP contribution in [0.25, 0.3) is 0 Å². The number of aliphatic hydroxyl groups excluding tert-OH is 1. The Balaban J connectivity index is 2.83. The van der Waals surface area contributed by atoms with Crippen LogP contribution >= 0.6 is 0 Å². The van der Waals surface area contributed by atoms with E-state index in [0.29, 0.717) is 11.5 Å². The summed E-state index contributed by atoms with van der Waals surface area (Å²) in [6.07, 6.45) is 2.96. The molecule has 0 heterocycles. The maximum atomic E-state index is 11.8. The van der Waals surface area contributed by atoms with E-state index in [9.17, 15) is 4.79 Å². The lowest BCUT2D eigenvalue weighted by Crippen LogP contribution is -2.21. The van der Waals surface area contributed by atoms with Crippen LogP contribution in [0.5, 0.6) is 0 Å². The highest BCUT2D eigenvalue weighted by Crippen LogP contribution is 2.25. The second kappa shape index (κ2) is 7.17. The standard InChI is InChI=1S/C15H23NO2/c1-4-5-12(10-11-17)13-6-8-14(9-7-13)15(18)16(2)3/h6-9,12,17H,4-5,10-11H2,1-3H3. The number of hydrogen-bond acceptors (Lipinski definition) is 2. The van der Waals surface area contributed by atoms with E-state index in [2.05, 4.69) is 6.92 Å². The van der Waals surface area contributed by atoms with Gasteiger partial charge in [-0.3, -0.25) is 4.79 Å². The fraction of sp³-hybridized carbons (Fsp3) is 0.533. The van der Waals surface area contributed by atoms with Gasteiger partial charge in [0, 0.05) is 26.3 Å². The molecular weight excluding hydrogens is 226 g/mol. The Labute approximate surface area is 109 Å². The third kappa shape index (κ3) is 3.84. The van der Waals surface area contributed by atoms with Gasteiger partial charge >= 0.3 is 0 Å². The van der Waals surface area contributed by atoms with Gasteiger partial charge in [-0.1, -0.05) is 25.5 Å². The topological polar surface area (TPSA) is 40.5 Å². The van der Waals surface area contributed by atoms with E-state index >= 15 is 0 Å². The van der Waals surface area contributed by atoms with E-state index < -0.39 is 0 Å². The summed E-state index contributed by atoms with van der Waals surface area (Å²) >= 11 is 0. The Morgan fingerprint density at radius 2 is 1.83 bits per heavy atom. The minimum absolute atomic E-state index is 0.0238. The summed E-state index contributed by atoms with van der Waals surface area (Å²) in [5, 5.41) is 9.08. The van der Waals surface area contributed by atoms with Crippen LogP contribution in [0.3, 0.4) is 0 Å². The van der Waals surface area contributed by atoms with Crippen LogP contribution in [0.4, 0.5) is 0 Å². The van der Waals surface area contributed by atoms with Gasteiger partial charge in [-0.15, -0.1) is 0 Å². The van der Waals surface area contributed by atoms with Crippen LogP contribution < -0.4 is 0 Å². The molecule has 1 amide bonds. The fourth-order valence-corrected chi connectivity index (χ4v) is 2.14. The maximum absolute atomic E-state index is 11.8. The molecule has 0 aliphatic heterocycles. The van der Waals surface area contributed by atoms with Crippen LogP contribution in [0.2, 0.25) is 0 Å². The summed E-state index contributed by atoms with van der Waals surface area (Å²) in [5.41, 5.74) is 1.92. The number of nitrogens with zero attached hydrogens (tertiary/aromatic N) is 1. The van der Waals surface area contributed by atoms with Crippen molar-refractivity contribution in [2.45, 2.75) is 32.1 Å². The first kappa shape index (κ1) is 14.7. The van der Waals surface area contributed by atoms with E-state index in [1.807, 2.05) is 24.3 Å². The van der Waals surface area contributed by atoms with E-state index in [1.165, 1.54) is 5.56 Å². The molecule has 1 N–H and O–H groups in total. The molecule has 3 heteroatoms. The molecule has 0 saturated heterocycles. The highest BCUT2D eigenvalue weighted by Gasteiger charge is 2.12. The lowest BCUT2D eigenvalue weighted by atomic mass is 9.91. The lowest BCUT2D eigenvalue weighted by Gasteiger charge is -2.16. The van der Waals surface area contributed by atoms with Gasteiger partial charge in [0.1, 0.15) is 0 Å². The third-order valence-corrected chi connectivity index (χ3v) is 3.15. The Hall–Kier alpha value is -1.35. The summed E-state index contributed by atoms with van der Waals surface area (Å²) in [4.78, 5) is 13.3. The molecule has 1 aromatic rings. The number of carbonyl (C=O) groups is 1. The molecule has 0 fully saturated rings. The van der Waals surface area contributed by atoms with E-state index in [1.54, 1.807) is 19.0 Å². The Morgan fingerprint density at radius 1 is 1.22 bits per heavy atom. The lowest BCUT2D eigenvalue weighted by molar-refractivity contribution is 0.0827. The predicted octanol–water partition coefficient (Wildman–Crippen LogP) is 2.65. The average Bonchev–Trinajstić information content (AvgIpc) is 2.38. The van der Waals surface area contributed by atoms with Crippen LogP contribution in [-0.4, -0.2) is 36.6 Å². The van der Waals surface area contributed by atoms with Crippen molar-refractivity contribution in [1.82, 2.24) is 4.90 Å². The van der Waals surface area contributed by atoms with Gasteiger partial charge in [0.2, 0.25) is 0 Å².